The van der Waals surface area contributed by atoms with Gasteiger partial charge in [-0.05, 0) is 24.6 Å². The lowest BCUT2D eigenvalue weighted by Crippen LogP contribution is -2.34. The molecule has 0 heterocycles. The first-order chi connectivity index (χ1) is 9.93. The predicted molar refractivity (Wildman–Crippen MR) is 80.3 cm³/mol. The van der Waals surface area contributed by atoms with E-state index < -0.39 is 12.6 Å². The summed E-state index contributed by atoms with van der Waals surface area (Å²) >= 11 is 0. The number of carboxylic acids is 1. The van der Waals surface area contributed by atoms with Crippen LogP contribution in [0.2, 0.25) is 0 Å². The third kappa shape index (κ3) is 5.83. The normalized spacial score (nSPS) is 10.2. The molecule has 6 heteroatoms. The molecule has 1 amide bonds. The summed E-state index contributed by atoms with van der Waals surface area (Å²) < 4.78 is 4.83. The predicted octanol–water partition coefficient (Wildman–Crippen LogP) is 1.20. The van der Waals surface area contributed by atoms with Crippen molar-refractivity contribution in [3.05, 3.63) is 29.8 Å². The van der Waals surface area contributed by atoms with Crippen LogP contribution in [0.15, 0.2) is 24.3 Å². The van der Waals surface area contributed by atoms with Gasteiger partial charge in [0, 0.05) is 32.9 Å². The average molecular weight is 294 g/mol. The topological polar surface area (TPSA) is 70.1 Å². The van der Waals surface area contributed by atoms with E-state index in [0.717, 1.165) is 11.3 Å². The highest BCUT2D eigenvalue weighted by Crippen LogP contribution is 2.13. The number of amides is 1. The number of ether oxygens (including phenoxy) is 1. The summed E-state index contributed by atoms with van der Waals surface area (Å²) in [6, 6.07) is 7.94. The van der Waals surface area contributed by atoms with Crippen molar-refractivity contribution in [2.75, 3.05) is 38.8 Å². The van der Waals surface area contributed by atoms with Crippen molar-refractivity contribution in [3.8, 4) is 0 Å². The van der Waals surface area contributed by atoms with Gasteiger partial charge in [-0.15, -0.1) is 0 Å². The first-order valence-electron chi connectivity index (χ1n) is 6.77. The second-order valence-electron chi connectivity index (χ2n) is 4.86. The van der Waals surface area contributed by atoms with E-state index in [2.05, 4.69) is 0 Å². The van der Waals surface area contributed by atoms with Crippen molar-refractivity contribution in [1.82, 2.24) is 4.90 Å². The van der Waals surface area contributed by atoms with Gasteiger partial charge in [0.25, 0.3) is 0 Å². The summed E-state index contributed by atoms with van der Waals surface area (Å²) in [5.41, 5.74) is 2.12. The number of nitrogens with zero attached hydrogens (tertiary/aromatic N) is 2. The Hall–Kier alpha value is -2.08. The van der Waals surface area contributed by atoms with Crippen molar-refractivity contribution in [3.63, 3.8) is 0 Å². The lowest BCUT2D eigenvalue weighted by Gasteiger charge is -2.21. The molecule has 1 aromatic rings. The number of carbonyl (C=O) groups is 2. The van der Waals surface area contributed by atoms with Gasteiger partial charge in [0.05, 0.1) is 0 Å². The molecule has 0 bridgehead atoms. The number of carbonyl (C=O) groups excluding carboxylic acids is 1. The molecular weight excluding hydrogens is 272 g/mol. The molecule has 116 valence electrons. The fraction of sp³-hybridized carbons (Fsp3) is 0.467. The first kappa shape index (κ1) is 17.0. The quantitative estimate of drug-likeness (QED) is 0.780. The van der Waals surface area contributed by atoms with Crippen LogP contribution in [0.1, 0.15) is 12.5 Å². The molecule has 1 N–H and O–H groups in total. The summed E-state index contributed by atoms with van der Waals surface area (Å²) in [5.74, 6) is -1.29. The maximum absolute atomic E-state index is 11.9. The van der Waals surface area contributed by atoms with Crippen LogP contribution in [0.5, 0.6) is 0 Å². The second-order valence-corrected chi connectivity index (χ2v) is 4.86. The maximum Gasteiger partial charge on any atom is 0.329 e. The molecule has 21 heavy (non-hydrogen) atoms. The average Bonchev–Trinajstić information content (AvgIpc) is 2.44. The molecule has 1 rings (SSSR count). The highest BCUT2D eigenvalue weighted by molar-refractivity contribution is 5.78. The number of benzene rings is 1. The Morgan fingerprint density at radius 2 is 1.76 bits per heavy atom. The molecule has 0 fully saturated rings. The van der Waals surface area contributed by atoms with Gasteiger partial charge in [0.1, 0.15) is 13.2 Å². The molecular formula is C15H22N2O4. The summed E-state index contributed by atoms with van der Waals surface area (Å²) in [5, 5.41) is 8.47. The van der Waals surface area contributed by atoms with Crippen molar-refractivity contribution in [1.29, 1.82) is 0 Å². The van der Waals surface area contributed by atoms with Crippen LogP contribution in [0.4, 0.5) is 5.69 Å². The lowest BCUT2D eigenvalue weighted by molar-refractivity contribution is -0.146. The third-order valence-electron chi connectivity index (χ3n) is 3.01. The zero-order chi connectivity index (χ0) is 15.8. The number of rotatable bonds is 8. The fourth-order valence-electron chi connectivity index (χ4n) is 1.81. The van der Waals surface area contributed by atoms with Crippen LogP contribution in [0.25, 0.3) is 0 Å². The SMILES string of the molecule is CCN(Cc1ccc(N(C)C)cc1)C(=O)COCC(=O)O. The van der Waals surface area contributed by atoms with Crippen molar-refractivity contribution in [2.45, 2.75) is 13.5 Å². The molecule has 0 spiro atoms. The van der Waals surface area contributed by atoms with E-state index >= 15 is 0 Å². The molecule has 0 aliphatic heterocycles. The fourth-order valence-corrected chi connectivity index (χ4v) is 1.81. The molecule has 0 saturated carbocycles. The standard InChI is InChI=1S/C15H22N2O4/c1-4-17(14(18)10-21-11-15(19)20)9-12-5-7-13(8-6-12)16(2)3/h5-8H,4,9-11H2,1-3H3,(H,19,20). The molecule has 0 aliphatic rings. The Morgan fingerprint density at radius 3 is 2.24 bits per heavy atom. The summed E-state index contributed by atoms with van der Waals surface area (Å²) in [7, 11) is 3.94. The summed E-state index contributed by atoms with van der Waals surface area (Å²) in [6.07, 6.45) is 0. The van der Waals surface area contributed by atoms with Crippen molar-refractivity contribution >= 4 is 17.6 Å². The van der Waals surface area contributed by atoms with Gasteiger partial charge in [0.15, 0.2) is 0 Å². The number of carboxylic acid groups (broad SMARTS) is 1. The van der Waals surface area contributed by atoms with E-state index in [1.54, 1.807) is 4.90 Å². The van der Waals surface area contributed by atoms with Gasteiger partial charge in [0.2, 0.25) is 5.91 Å². The summed E-state index contributed by atoms with van der Waals surface area (Å²) in [6.45, 7) is 2.24. The van der Waals surface area contributed by atoms with Crippen LogP contribution in [-0.2, 0) is 20.9 Å². The maximum atomic E-state index is 11.9. The van der Waals surface area contributed by atoms with Gasteiger partial charge in [-0.3, -0.25) is 4.79 Å². The van der Waals surface area contributed by atoms with Crippen LogP contribution in [-0.4, -0.2) is 55.7 Å². The largest absolute Gasteiger partial charge is 0.480 e. The monoisotopic (exact) mass is 294 g/mol. The van der Waals surface area contributed by atoms with Gasteiger partial charge >= 0.3 is 5.97 Å². The van der Waals surface area contributed by atoms with Gasteiger partial charge in [-0.25, -0.2) is 4.79 Å². The van der Waals surface area contributed by atoms with Crippen LogP contribution >= 0.6 is 0 Å². The number of aliphatic carboxylic acids is 1. The zero-order valence-electron chi connectivity index (χ0n) is 12.7. The highest BCUT2D eigenvalue weighted by Gasteiger charge is 2.13. The van der Waals surface area contributed by atoms with Gasteiger partial charge < -0.3 is 19.6 Å². The molecule has 1 aromatic carbocycles. The Labute approximate surface area is 124 Å². The minimum Gasteiger partial charge on any atom is -0.480 e. The molecule has 0 saturated heterocycles. The van der Waals surface area contributed by atoms with Gasteiger partial charge in [-0.2, -0.15) is 0 Å². The van der Waals surface area contributed by atoms with E-state index in [1.165, 1.54) is 0 Å². The molecule has 0 radical (unpaired) electrons. The van der Waals surface area contributed by atoms with E-state index in [1.807, 2.05) is 50.2 Å². The second kappa shape index (κ2) is 8.26. The molecule has 0 atom stereocenters. The third-order valence-corrected chi connectivity index (χ3v) is 3.01. The number of anilines is 1. The van der Waals surface area contributed by atoms with Crippen molar-refractivity contribution in [2.24, 2.45) is 0 Å². The minimum absolute atomic E-state index is 0.212. The first-order valence-corrected chi connectivity index (χ1v) is 6.77. The van der Waals surface area contributed by atoms with E-state index in [4.69, 9.17) is 9.84 Å². The molecule has 6 nitrogen and oxygen atoms in total. The number of likely N-dealkylation sites (N-methyl/N-ethyl adjacent to an activating group) is 1. The Morgan fingerprint density at radius 1 is 1.14 bits per heavy atom. The number of hydrogen-bond donors (Lipinski definition) is 1. The summed E-state index contributed by atoms with van der Waals surface area (Å²) in [4.78, 5) is 25.9. The van der Waals surface area contributed by atoms with E-state index in [0.29, 0.717) is 13.1 Å². The lowest BCUT2D eigenvalue weighted by atomic mass is 10.2. The highest BCUT2D eigenvalue weighted by atomic mass is 16.5. The molecule has 0 aliphatic carbocycles. The van der Waals surface area contributed by atoms with Crippen LogP contribution in [0.3, 0.4) is 0 Å². The van der Waals surface area contributed by atoms with Gasteiger partial charge in [-0.1, -0.05) is 12.1 Å². The smallest absolute Gasteiger partial charge is 0.329 e. The molecule has 0 unspecified atom stereocenters. The van der Waals surface area contributed by atoms with Crippen molar-refractivity contribution < 1.29 is 19.4 Å². The Bertz CT molecular complexity index is 471. The minimum atomic E-state index is -1.08. The van der Waals surface area contributed by atoms with E-state index in [9.17, 15) is 9.59 Å². The number of hydrogen-bond acceptors (Lipinski definition) is 4. The van der Waals surface area contributed by atoms with E-state index in [-0.39, 0.29) is 12.5 Å². The Balaban J connectivity index is 2.56. The van der Waals surface area contributed by atoms with Crippen LogP contribution in [0, 0.1) is 0 Å². The van der Waals surface area contributed by atoms with Crippen LogP contribution < -0.4 is 4.90 Å². The Kier molecular flexibility index (Phi) is 6.68. The molecule has 0 aromatic heterocycles. The zero-order valence-corrected chi connectivity index (χ0v) is 12.7.